The second-order valence-corrected chi connectivity index (χ2v) is 24.1. The number of aromatic nitrogens is 5. The summed E-state index contributed by atoms with van der Waals surface area (Å²) in [5.41, 5.74) is 23.6. The monoisotopic (exact) mass is 1170 g/mol. The molecule has 89 heavy (non-hydrogen) atoms. The summed E-state index contributed by atoms with van der Waals surface area (Å²) in [5.74, 6) is 3.14. The van der Waals surface area contributed by atoms with E-state index in [0.717, 1.165) is 194 Å². The number of furan rings is 3. The average Bonchev–Trinajstić information content (AvgIpc) is 1.77. The number of fused-ring (bicyclic) bond motifs is 8. The third-order valence-corrected chi connectivity index (χ3v) is 19.7. The first-order chi connectivity index (χ1) is 43.6. The molecule has 7 heterocycles. The van der Waals surface area contributed by atoms with Crippen LogP contribution in [0.15, 0.2) is 221 Å². The number of hydrogen-bond donors (Lipinski definition) is 0. The topological polar surface area (TPSA) is 104 Å². The summed E-state index contributed by atoms with van der Waals surface area (Å²) in [5, 5.41) is 8.35. The quantitative estimate of drug-likeness (QED) is 0.125. The van der Waals surface area contributed by atoms with E-state index in [9.17, 15) is 0 Å². The van der Waals surface area contributed by atoms with E-state index in [4.69, 9.17) is 34.8 Å². The van der Waals surface area contributed by atoms with Gasteiger partial charge in [0, 0.05) is 76.3 Å². The highest BCUT2D eigenvalue weighted by molar-refractivity contribution is 7.21. The van der Waals surface area contributed by atoms with Crippen molar-refractivity contribution in [2.24, 2.45) is 0 Å². The number of benzene rings is 9. The van der Waals surface area contributed by atoms with Crippen molar-refractivity contribution in [1.82, 2.24) is 24.9 Å². The normalized spacial score (nSPS) is 12.0. The SMILES string of the molecule is C=C(c1oc(-c2c3ccccc3c(-c3oc(-c4cccc5c4oc4c(-c6cccc(-c7ncnc8ccccc78)c6C)ccnc45)c(C)c3C)c3ccccc23)c(C)c1C)c1sc2c(-c3cccc(-c4ncnc5ccccc45)c3C)cccc2c1/C=C\C. The Morgan fingerprint density at radius 2 is 0.865 bits per heavy atom. The van der Waals surface area contributed by atoms with Gasteiger partial charge in [0.2, 0.25) is 0 Å². The number of thiophene rings is 1. The molecular formula is C80H57N5O3S. The first kappa shape index (κ1) is 53.6. The van der Waals surface area contributed by atoms with Gasteiger partial charge in [-0.15, -0.1) is 11.3 Å². The molecule has 0 aliphatic rings. The number of rotatable bonds is 10. The van der Waals surface area contributed by atoms with Crippen molar-refractivity contribution >= 4 is 98.5 Å². The van der Waals surface area contributed by atoms with Gasteiger partial charge in [-0.3, -0.25) is 4.98 Å². The molecule has 16 rings (SSSR count). The van der Waals surface area contributed by atoms with Crippen molar-refractivity contribution in [3.8, 4) is 78.7 Å². The predicted molar refractivity (Wildman–Crippen MR) is 368 cm³/mol. The molecule has 0 amide bonds. The Bertz CT molecular complexity index is 5630. The van der Waals surface area contributed by atoms with Crippen LogP contribution in [0.2, 0.25) is 0 Å². The van der Waals surface area contributed by atoms with Crippen LogP contribution in [-0.4, -0.2) is 24.9 Å². The van der Waals surface area contributed by atoms with Gasteiger partial charge in [-0.05, 0) is 150 Å². The van der Waals surface area contributed by atoms with Crippen LogP contribution in [0, 0.1) is 41.5 Å². The lowest BCUT2D eigenvalue weighted by molar-refractivity contribution is 0.566. The van der Waals surface area contributed by atoms with Crippen molar-refractivity contribution in [1.29, 1.82) is 0 Å². The molecule has 0 atom stereocenters. The van der Waals surface area contributed by atoms with Gasteiger partial charge >= 0.3 is 0 Å². The van der Waals surface area contributed by atoms with E-state index in [0.29, 0.717) is 5.58 Å². The van der Waals surface area contributed by atoms with Gasteiger partial charge in [-0.2, -0.15) is 0 Å². The van der Waals surface area contributed by atoms with Crippen molar-refractivity contribution in [3.05, 3.63) is 257 Å². The van der Waals surface area contributed by atoms with Crippen LogP contribution in [0.5, 0.6) is 0 Å². The molecule has 8 nitrogen and oxygen atoms in total. The molecule has 9 heteroatoms. The van der Waals surface area contributed by atoms with E-state index in [1.807, 2.05) is 48.7 Å². The van der Waals surface area contributed by atoms with Crippen LogP contribution in [0.3, 0.4) is 0 Å². The minimum Gasteiger partial charge on any atom is -0.455 e. The molecule has 0 unspecified atom stereocenters. The van der Waals surface area contributed by atoms with Crippen molar-refractivity contribution in [3.63, 3.8) is 0 Å². The van der Waals surface area contributed by atoms with Crippen molar-refractivity contribution in [2.45, 2.75) is 48.5 Å². The van der Waals surface area contributed by atoms with Gasteiger partial charge in [0.1, 0.15) is 46.8 Å². The fourth-order valence-electron chi connectivity index (χ4n) is 13.7. The molecule has 7 aromatic heterocycles. The summed E-state index contributed by atoms with van der Waals surface area (Å²) in [6.07, 6.45) is 9.52. The van der Waals surface area contributed by atoms with E-state index in [1.54, 1.807) is 24.0 Å². The fourth-order valence-corrected chi connectivity index (χ4v) is 15.0. The van der Waals surface area contributed by atoms with E-state index >= 15 is 0 Å². The third-order valence-electron chi connectivity index (χ3n) is 18.4. The van der Waals surface area contributed by atoms with Crippen LogP contribution in [0.1, 0.15) is 56.5 Å². The van der Waals surface area contributed by atoms with Crippen LogP contribution >= 0.6 is 11.3 Å². The predicted octanol–water partition coefficient (Wildman–Crippen LogP) is 22.2. The second-order valence-electron chi connectivity index (χ2n) is 23.1. The highest BCUT2D eigenvalue weighted by atomic mass is 32.1. The number of para-hydroxylation sites is 3. The highest BCUT2D eigenvalue weighted by Crippen LogP contribution is 2.52. The van der Waals surface area contributed by atoms with Gasteiger partial charge < -0.3 is 13.3 Å². The Labute approximate surface area is 517 Å². The van der Waals surface area contributed by atoms with Gasteiger partial charge in [0.25, 0.3) is 0 Å². The van der Waals surface area contributed by atoms with Gasteiger partial charge in [0.05, 0.1) is 28.0 Å². The van der Waals surface area contributed by atoms with Crippen LogP contribution in [0.25, 0.3) is 166 Å². The molecule has 0 aliphatic heterocycles. The zero-order valence-corrected chi connectivity index (χ0v) is 51.0. The Kier molecular flexibility index (Phi) is 12.6. The molecule has 16 aromatic rings. The largest absolute Gasteiger partial charge is 0.455 e. The van der Waals surface area contributed by atoms with Gasteiger partial charge in [-0.25, -0.2) is 19.9 Å². The molecule has 0 N–H and O–H groups in total. The molecule has 9 aromatic carbocycles. The maximum Gasteiger partial charge on any atom is 0.161 e. The first-order valence-electron chi connectivity index (χ1n) is 30.0. The number of hydrogen-bond acceptors (Lipinski definition) is 9. The van der Waals surface area contributed by atoms with Crippen LogP contribution in [0.4, 0.5) is 0 Å². The minimum absolute atomic E-state index is 0.712. The third kappa shape index (κ3) is 8.22. The zero-order chi connectivity index (χ0) is 60.3. The van der Waals surface area contributed by atoms with E-state index in [2.05, 4.69) is 204 Å². The molecule has 0 spiro atoms. The summed E-state index contributed by atoms with van der Waals surface area (Å²) in [6.45, 7) is 20.0. The van der Waals surface area contributed by atoms with Crippen molar-refractivity contribution in [2.75, 3.05) is 0 Å². The molecule has 426 valence electrons. The Balaban J connectivity index is 0.801. The van der Waals surface area contributed by atoms with Crippen molar-refractivity contribution < 1.29 is 13.3 Å². The Hall–Kier alpha value is -10.9. The maximum atomic E-state index is 7.35. The summed E-state index contributed by atoms with van der Waals surface area (Å²) >= 11 is 1.77. The summed E-state index contributed by atoms with van der Waals surface area (Å²) in [6, 6.07) is 61.5. The molecule has 0 radical (unpaired) electrons. The lowest BCUT2D eigenvalue weighted by Crippen LogP contribution is -1.93. The van der Waals surface area contributed by atoms with Crippen LogP contribution < -0.4 is 0 Å². The Morgan fingerprint density at radius 1 is 0.393 bits per heavy atom. The van der Waals surface area contributed by atoms with E-state index < -0.39 is 0 Å². The lowest BCUT2D eigenvalue weighted by Gasteiger charge is -2.16. The fraction of sp³-hybridized carbons (Fsp3) is 0.0875. The average molecular weight is 1170 g/mol. The summed E-state index contributed by atoms with van der Waals surface area (Å²) in [4.78, 5) is 24.8. The number of pyridine rings is 1. The molecule has 0 saturated carbocycles. The van der Waals surface area contributed by atoms with E-state index in [-0.39, 0.29) is 0 Å². The summed E-state index contributed by atoms with van der Waals surface area (Å²) in [7, 11) is 0. The molecule has 0 bridgehead atoms. The smallest absolute Gasteiger partial charge is 0.161 e. The molecular weight excluding hydrogens is 1110 g/mol. The standard InChI is InChI=1S/C80H57N5O3S/c1-9-22-59-61-34-20-33-60(51-30-19-32-53(48(51)7)71-63-28-15-17-38-67(63)83-42-85-71)80(61)89-79(59)49(8)73-43(2)45(4)75(86-73)68-54-23-10-12-25-56(54)69(57-26-13-11-24-55(57)68)76-46(5)44(3)74(87-76)65-36-21-35-64-72-78(88-77(64)65)58(39-40-81-72)50-29-18-31-52(47(50)6)70-62-27-14-16-37-66(62)82-41-84-70/h9-42H,8H2,1-7H3/b22-9-. The zero-order valence-electron chi connectivity index (χ0n) is 50.2. The maximum absolute atomic E-state index is 7.35. The molecule has 0 fully saturated rings. The number of allylic oxidation sites excluding steroid dienone is 1. The van der Waals surface area contributed by atoms with E-state index in [1.165, 1.54) is 10.1 Å². The number of nitrogens with zero attached hydrogens (tertiary/aromatic N) is 5. The lowest BCUT2D eigenvalue weighted by atomic mass is 9.87. The first-order valence-corrected chi connectivity index (χ1v) is 30.8. The minimum atomic E-state index is 0.712. The van der Waals surface area contributed by atoms with Crippen LogP contribution in [-0.2, 0) is 0 Å². The Morgan fingerprint density at radius 3 is 1.46 bits per heavy atom. The second kappa shape index (κ2) is 20.9. The molecule has 0 saturated heterocycles. The van der Waals surface area contributed by atoms with Gasteiger partial charge in [0.15, 0.2) is 5.58 Å². The summed E-state index contributed by atoms with van der Waals surface area (Å²) < 4.78 is 23.0. The van der Waals surface area contributed by atoms with Gasteiger partial charge in [-0.1, -0.05) is 164 Å². The molecule has 0 aliphatic carbocycles. The highest BCUT2D eigenvalue weighted by Gasteiger charge is 2.30.